The summed E-state index contributed by atoms with van der Waals surface area (Å²) in [6.45, 7) is 5.36. The number of aryl methyl sites for hydroxylation is 1. The molecule has 0 aromatic carbocycles. The fourth-order valence-corrected chi connectivity index (χ4v) is 3.42. The number of nitrogens with two attached hydrogens (primary N) is 1. The first-order valence-corrected chi connectivity index (χ1v) is 7.17. The number of likely N-dealkylation sites (tertiary alicyclic amines) is 1. The Bertz CT molecular complexity index is 321. The summed E-state index contributed by atoms with van der Waals surface area (Å²) in [5, 5.41) is 0. The predicted molar refractivity (Wildman–Crippen MR) is 70.8 cm³/mol. The molecule has 0 amide bonds. The minimum atomic E-state index is 0.612. The summed E-state index contributed by atoms with van der Waals surface area (Å²) in [5.74, 6) is 0. The molecular formula is C13H22N2S. The number of thiophene rings is 1. The summed E-state index contributed by atoms with van der Waals surface area (Å²) in [4.78, 5) is 5.56. The van der Waals surface area contributed by atoms with Gasteiger partial charge in [-0.05, 0) is 37.9 Å². The Balaban J connectivity index is 1.96. The molecule has 0 aliphatic carbocycles. The molecule has 1 aliphatic rings. The molecule has 1 saturated heterocycles. The molecule has 1 aromatic rings. The summed E-state index contributed by atoms with van der Waals surface area (Å²) in [7, 11) is 0. The average molecular weight is 238 g/mol. The van der Waals surface area contributed by atoms with Gasteiger partial charge in [-0.15, -0.1) is 11.3 Å². The van der Waals surface area contributed by atoms with E-state index in [-0.39, 0.29) is 0 Å². The molecule has 90 valence electrons. The predicted octanol–water partition coefficient (Wildman–Crippen LogP) is 2.62. The van der Waals surface area contributed by atoms with Crippen LogP contribution in [0.1, 0.15) is 35.9 Å². The van der Waals surface area contributed by atoms with Crippen molar-refractivity contribution in [3.8, 4) is 0 Å². The van der Waals surface area contributed by atoms with Crippen molar-refractivity contribution in [2.75, 3.05) is 13.1 Å². The number of piperidine rings is 1. The normalized spacial score (nSPS) is 22.5. The molecule has 2 nitrogen and oxygen atoms in total. The first-order valence-electron chi connectivity index (χ1n) is 6.35. The second kappa shape index (κ2) is 5.80. The summed E-state index contributed by atoms with van der Waals surface area (Å²) in [5.41, 5.74) is 5.84. The van der Waals surface area contributed by atoms with Gasteiger partial charge in [-0.25, -0.2) is 0 Å². The Morgan fingerprint density at radius 2 is 2.19 bits per heavy atom. The van der Waals surface area contributed by atoms with E-state index in [0.29, 0.717) is 6.04 Å². The van der Waals surface area contributed by atoms with E-state index in [0.717, 1.165) is 19.5 Å². The molecule has 1 fully saturated rings. The number of rotatable bonds is 4. The van der Waals surface area contributed by atoms with Crippen LogP contribution in [0, 0.1) is 0 Å². The molecule has 16 heavy (non-hydrogen) atoms. The minimum absolute atomic E-state index is 0.612. The van der Waals surface area contributed by atoms with E-state index in [2.05, 4.69) is 24.0 Å². The van der Waals surface area contributed by atoms with Crippen LogP contribution in [0.15, 0.2) is 12.1 Å². The third-order valence-corrected chi connectivity index (χ3v) is 4.66. The van der Waals surface area contributed by atoms with Crippen molar-refractivity contribution in [3.05, 3.63) is 21.9 Å². The van der Waals surface area contributed by atoms with Crippen molar-refractivity contribution in [3.63, 3.8) is 0 Å². The molecule has 2 N–H and O–H groups in total. The quantitative estimate of drug-likeness (QED) is 0.873. The Hall–Kier alpha value is -0.380. The van der Waals surface area contributed by atoms with E-state index in [1.165, 1.54) is 35.6 Å². The number of hydrogen-bond donors (Lipinski definition) is 1. The molecule has 2 rings (SSSR count). The van der Waals surface area contributed by atoms with E-state index in [4.69, 9.17) is 5.73 Å². The molecule has 1 atom stereocenters. The van der Waals surface area contributed by atoms with Crippen LogP contribution in [0.4, 0.5) is 0 Å². The largest absolute Gasteiger partial charge is 0.329 e. The summed E-state index contributed by atoms with van der Waals surface area (Å²) in [6.07, 6.45) is 5.12. The molecule has 3 heteroatoms. The van der Waals surface area contributed by atoms with E-state index in [1.54, 1.807) is 0 Å². The second-order valence-corrected chi connectivity index (χ2v) is 5.83. The lowest BCUT2D eigenvalue weighted by Crippen LogP contribution is -2.43. The number of hydrogen-bond acceptors (Lipinski definition) is 3. The van der Waals surface area contributed by atoms with Gasteiger partial charge in [0.05, 0.1) is 0 Å². The maximum absolute atomic E-state index is 5.84. The average Bonchev–Trinajstić information content (AvgIpc) is 2.77. The highest BCUT2D eigenvalue weighted by molar-refractivity contribution is 7.11. The van der Waals surface area contributed by atoms with Crippen molar-refractivity contribution < 1.29 is 0 Å². The molecule has 1 aromatic heterocycles. The SMILES string of the molecule is CCc1ccc(CN2CCCCC2CN)s1. The first kappa shape index (κ1) is 12.1. The third kappa shape index (κ3) is 2.84. The zero-order chi connectivity index (χ0) is 11.4. The van der Waals surface area contributed by atoms with E-state index >= 15 is 0 Å². The topological polar surface area (TPSA) is 29.3 Å². The summed E-state index contributed by atoms with van der Waals surface area (Å²) < 4.78 is 0. The summed E-state index contributed by atoms with van der Waals surface area (Å²) in [6, 6.07) is 5.16. The van der Waals surface area contributed by atoms with E-state index in [9.17, 15) is 0 Å². The van der Waals surface area contributed by atoms with Gasteiger partial charge in [0.25, 0.3) is 0 Å². The van der Waals surface area contributed by atoms with Crippen LogP contribution >= 0.6 is 11.3 Å². The minimum Gasteiger partial charge on any atom is -0.329 e. The smallest absolute Gasteiger partial charge is 0.0331 e. The lowest BCUT2D eigenvalue weighted by molar-refractivity contribution is 0.146. The second-order valence-electron chi connectivity index (χ2n) is 4.58. The Labute approximate surface area is 102 Å². The van der Waals surface area contributed by atoms with Gasteiger partial charge in [0.2, 0.25) is 0 Å². The van der Waals surface area contributed by atoms with E-state index in [1.807, 2.05) is 11.3 Å². The highest BCUT2D eigenvalue weighted by Gasteiger charge is 2.21. The number of nitrogens with zero attached hydrogens (tertiary/aromatic N) is 1. The Morgan fingerprint density at radius 1 is 1.38 bits per heavy atom. The van der Waals surface area contributed by atoms with Gasteiger partial charge in [0.15, 0.2) is 0 Å². The summed E-state index contributed by atoms with van der Waals surface area (Å²) >= 11 is 1.96. The highest BCUT2D eigenvalue weighted by Crippen LogP contribution is 2.23. The van der Waals surface area contributed by atoms with Crippen LogP contribution in [-0.4, -0.2) is 24.0 Å². The van der Waals surface area contributed by atoms with Crippen LogP contribution in [0.3, 0.4) is 0 Å². The van der Waals surface area contributed by atoms with Crippen LogP contribution in [-0.2, 0) is 13.0 Å². The molecule has 0 saturated carbocycles. The highest BCUT2D eigenvalue weighted by atomic mass is 32.1. The molecule has 0 bridgehead atoms. The first-order chi connectivity index (χ1) is 7.83. The van der Waals surface area contributed by atoms with Gasteiger partial charge in [0.1, 0.15) is 0 Å². The van der Waals surface area contributed by atoms with Gasteiger partial charge < -0.3 is 5.73 Å². The van der Waals surface area contributed by atoms with Crippen molar-refractivity contribution in [2.45, 2.75) is 45.2 Å². The molecule has 0 radical (unpaired) electrons. The van der Waals surface area contributed by atoms with Crippen LogP contribution in [0.2, 0.25) is 0 Å². The fraction of sp³-hybridized carbons (Fsp3) is 0.692. The Morgan fingerprint density at radius 3 is 2.88 bits per heavy atom. The standard InChI is InChI=1S/C13H22N2S/c1-2-12-6-7-13(16-12)10-15-8-4-3-5-11(15)9-14/h6-7,11H,2-5,8-10,14H2,1H3. The van der Waals surface area contributed by atoms with Crippen LogP contribution in [0.25, 0.3) is 0 Å². The maximum Gasteiger partial charge on any atom is 0.0331 e. The Kier molecular flexibility index (Phi) is 4.38. The van der Waals surface area contributed by atoms with Gasteiger partial charge in [0, 0.05) is 28.9 Å². The van der Waals surface area contributed by atoms with Crippen molar-refractivity contribution in [2.24, 2.45) is 5.73 Å². The lowest BCUT2D eigenvalue weighted by atomic mass is 10.0. The lowest BCUT2D eigenvalue weighted by Gasteiger charge is -2.34. The van der Waals surface area contributed by atoms with Gasteiger partial charge >= 0.3 is 0 Å². The van der Waals surface area contributed by atoms with Gasteiger partial charge in [-0.2, -0.15) is 0 Å². The maximum atomic E-state index is 5.84. The fourth-order valence-electron chi connectivity index (χ4n) is 2.43. The van der Waals surface area contributed by atoms with Crippen molar-refractivity contribution in [1.82, 2.24) is 4.90 Å². The third-order valence-electron chi connectivity index (χ3n) is 3.45. The molecular weight excluding hydrogens is 216 g/mol. The van der Waals surface area contributed by atoms with Crippen molar-refractivity contribution >= 4 is 11.3 Å². The van der Waals surface area contributed by atoms with E-state index < -0.39 is 0 Å². The van der Waals surface area contributed by atoms with Gasteiger partial charge in [-0.1, -0.05) is 13.3 Å². The molecule has 1 unspecified atom stereocenters. The molecule has 2 heterocycles. The zero-order valence-electron chi connectivity index (χ0n) is 10.1. The monoisotopic (exact) mass is 238 g/mol. The van der Waals surface area contributed by atoms with Crippen LogP contribution < -0.4 is 5.73 Å². The van der Waals surface area contributed by atoms with Crippen molar-refractivity contribution in [1.29, 1.82) is 0 Å². The zero-order valence-corrected chi connectivity index (χ0v) is 10.9. The molecule has 0 spiro atoms. The van der Waals surface area contributed by atoms with Crippen LogP contribution in [0.5, 0.6) is 0 Å². The molecule has 1 aliphatic heterocycles. The van der Waals surface area contributed by atoms with Gasteiger partial charge in [-0.3, -0.25) is 4.90 Å².